The van der Waals surface area contributed by atoms with Crippen LogP contribution in [0.2, 0.25) is 0 Å². The summed E-state index contributed by atoms with van der Waals surface area (Å²) >= 11 is 1.15. The Bertz CT molecular complexity index is 1920. The Morgan fingerprint density at radius 2 is 1.89 bits per heavy atom. The van der Waals surface area contributed by atoms with Crippen LogP contribution in [0.3, 0.4) is 0 Å². The van der Waals surface area contributed by atoms with E-state index in [0.29, 0.717) is 31.7 Å². The number of ether oxygens (including phenoxy) is 1. The molecule has 0 amide bonds. The molecule has 38 heavy (non-hydrogen) atoms. The van der Waals surface area contributed by atoms with E-state index in [4.69, 9.17) is 4.74 Å². The second kappa shape index (κ2) is 9.38. The van der Waals surface area contributed by atoms with Crippen LogP contribution in [0, 0.1) is 10.1 Å². The number of esters is 1. The number of rotatable bonds is 5. The van der Waals surface area contributed by atoms with E-state index in [1.54, 1.807) is 44.7 Å². The molecule has 0 radical (unpaired) electrons. The zero-order valence-electron chi connectivity index (χ0n) is 21.0. The Kier molecular flexibility index (Phi) is 6.19. The van der Waals surface area contributed by atoms with Gasteiger partial charge in [0.15, 0.2) is 4.80 Å². The van der Waals surface area contributed by atoms with Gasteiger partial charge in [0.05, 0.1) is 44.4 Å². The molecular formula is C26H23N5O6S. The average Bonchev–Trinajstić information content (AvgIpc) is 3.31. The summed E-state index contributed by atoms with van der Waals surface area (Å²) in [5.41, 5.74) is 2.37. The molecule has 1 aliphatic heterocycles. The number of carbonyl (C=O) groups is 1. The molecule has 0 saturated carbocycles. The number of imidazole rings is 1. The van der Waals surface area contributed by atoms with Crippen molar-refractivity contribution in [2.45, 2.75) is 19.9 Å². The fraction of sp³-hybridized carbons (Fsp3) is 0.231. The lowest BCUT2D eigenvalue weighted by molar-refractivity contribution is -0.384. The number of benzene rings is 2. The summed E-state index contributed by atoms with van der Waals surface area (Å²) in [5, 5.41) is 11.5. The molecule has 0 saturated heterocycles. The second-order valence-electron chi connectivity index (χ2n) is 8.80. The fourth-order valence-corrected chi connectivity index (χ4v) is 5.73. The SMILES string of the molecule is CCOC(=O)C1=C(C)N=c2s/c(=C\c3ccc4c(c3)n(C)c(=O)n4C)c(=O)n2[C@H]1c1cccc([N+](=O)[O-])c1. The molecule has 0 spiro atoms. The number of thiazole rings is 1. The molecule has 4 aromatic rings. The first-order chi connectivity index (χ1) is 18.1. The number of aromatic nitrogens is 3. The Balaban J connectivity index is 1.73. The van der Waals surface area contributed by atoms with Gasteiger partial charge in [-0.1, -0.05) is 29.5 Å². The minimum absolute atomic E-state index is 0.117. The van der Waals surface area contributed by atoms with Gasteiger partial charge in [-0.05, 0) is 43.2 Å². The summed E-state index contributed by atoms with van der Waals surface area (Å²) in [6.45, 7) is 3.44. The molecule has 0 aliphatic carbocycles. The molecule has 1 atom stereocenters. The van der Waals surface area contributed by atoms with Crippen LogP contribution >= 0.6 is 11.3 Å². The van der Waals surface area contributed by atoms with Crippen molar-refractivity contribution < 1.29 is 14.5 Å². The van der Waals surface area contributed by atoms with Crippen LogP contribution in [0.15, 0.2) is 68.3 Å². The first-order valence-corrected chi connectivity index (χ1v) is 12.5. The van der Waals surface area contributed by atoms with Gasteiger partial charge in [0.2, 0.25) is 0 Å². The maximum Gasteiger partial charge on any atom is 0.338 e. The van der Waals surface area contributed by atoms with Gasteiger partial charge in [0.1, 0.15) is 0 Å². The fourth-order valence-electron chi connectivity index (χ4n) is 4.68. The highest BCUT2D eigenvalue weighted by atomic mass is 32.1. The Labute approximate surface area is 219 Å². The number of allylic oxidation sites excluding steroid dienone is 1. The lowest BCUT2D eigenvalue weighted by Crippen LogP contribution is -2.40. The summed E-state index contributed by atoms with van der Waals surface area (Å²) in [6, 6.07) is 10.3. The molecule has 12 heteroatoms. The van der Waals surface area contributed by atoms with Crippen molar-refractivity contribution in [3.8, 4) is 0 Å². The van der Waals surface area contributed by atoms with Crippen molar-refractivity contribution in [2.24, 2.45) is 19.1 Å². The van der Waals surface area contributed by atoms with Gasteiger partial charge in [-0.15, -0.1) is 0 Å². The van der Waals surface area contributed by atoms with Gasteiger partial charge in [-0.25, -0.2) is 14.6 Å². The third-order valence-electron chi connectivity index (χ3n) is 6.51. The van der Waals surface area contributed by atoms with E-state index < -0.39 is 22.5 Å². The molecule has 1 aliphatic rings. The summed E-state index contributed by atoms with van der Waals surface area (Å²) in [7, 11) is 3.38. The molecule has 0 unspecified atom stereocenters. The smallest absolute Gasteiger partial charge is 0.338 e. The number of aryl methyl sites for hydroxylation is 2. The highest BCUT2D eigenvalue weighted by Crippen LogP contribution is 2.32. The van der Waals surface area contributed by atoms with Crippen molar-refractivity contribution in [2.75, 3.05) is 6.61 Å². The molecule has 2 aromatic heterocycles. The van der Waals surface area contributed by atoms with E-state index in [2.05, 4.69) is 4.99 Å². The molecule has 0 fully saturated rings. The van der Waals surface area contributed by atoms with Crippen molar-refractivity contribution in [3.05, 3.63) is 105 Å². The third kappa shape index (κ3) is 3.98. The summed E-state index contributed by atoms with van der Waals surface area (Å²) in [6.07, 6.45) is 1.70. The second-order valence-corrected chi connectivity index (χ2v) is 9.81. The highest BCUT2D eigenvalue weighted by molar-refractivity contribution is 7.07. The monoisotopic (exact) mass is 533 g/mol. The van der Waals surface area contributed by atoms with E-state index in [9.17, 15) is 24.5 Å². The van der Waals surface area contributed by atoms with Crippen molar-refractivity contribution in [1.29, 1.82) is 0 Å². The maximum atomic E-state index is 13.8. The molecule has 0 bridgehead atoms. The number of hydrogen-bond donors (Lipinski definition) is 0. The molecular weight excluding hydrogens is 510 g/mol. The number of carbonyl (C=O) groups excluding carboxylic acids is 1. The van der Waals surface area contributed by atoms with Crippen molar-refractivity contribution >= 4 is 40.1 Å². The topological polar surface area (TPSA) is 131 Å². The lowest BCUT2D eigenvalue weighted by atomic mass is 9.95. The van der Waals surface area contributed by atoms with E-state index in [0.717, 1.165) is 16.9 Å². The Hall–Kier alpha value is -4.58. The molecule has 194 valence electrons. The van der Waals surface area contributed by atoms with Crippen LogP contribution < -0.4 is 20.6 Å². The first kappa shape index (κ1) is 25.1. The quantitative estimate of drug-likeness (QED) is 0.219. The predicted octanol–water partition coefficient (Wildman–Crippen LogP) is 1.90. The Morgan fingerprint density at radius 1 is 1.16 bits per heavy atom. The van der Waals surface area contributed by atoms with Crippen LogP contribution in [0.5, 0.6) is 0 Å². The molecule has 3 heterocycles. The van der Waals surface area contributed by atoms with E-state index in [1.807, 2.05) is 18.2 Å². The van der Waals surface area contributed by atoms with Gasteiger partial charge >= 0.3 is 11.7 Å². The van der Waals surface area contributed by atoms with Crippen LogP contribution in [0.25, 0.3) is 17.1 Å². The van der Waals surface area contributed by atoms with Gasteiger partial charge in [-0.2, -0.15) is 0 Å². The molecule has 11 nitrogen and oxygen atoms in total. The number of hydrogen-bond acceptors (Lipinski definition) is 8. The first-order valence-electron chi connectivity index (χ1n) is 11.7. The summed E-state index contributed by atoms with van der Waals surface area (Å²) in [5.74, 6) is -0.644. The molecule has 5 rings (SSSR count). The highest BCUT2D eigenvalue weighted by Gasteiger charge is 2.34. The maximum absolute atomic E-state index is 13.8. The summed E-state index contributed by atoms with van der Waals surface area (Å²) < 4.78 is 10.1. The Morgan fingerprint density at radius 3 is 2.61 bits per heavy atom. The van der Waals surface area contributed by atoms with Crippen LogP contribution in [0.4, 0.5) is 5.69 Å². The van der Waals surface area contributed by atoms with Gasteiger partial charge < -0.3 is 4.74 Å². The minimum atomic E-state index is -0.954. The minimum Gasteiger partial charge on any atom is -0.463 e. The van der Waals surface area contributed by atoms with E-state index in [-0.39, 0.29) is 23.6 Å². The molecule has 2 aromatic carbocycles. The normalized spacial score (nSPS) is 15.5. The largest absolute Gasteiger partial charge is 0.463 e. The standard InChI is InChI=1S/C26H23N5O6S/c1-5-37-24(33)21-14(2)27-25-30(22(21)16-7-6-8-17(13-16)31(35)36)23(32)20(38-25)12-15-9-10-18-19(11-15)29(4)26(34)28(18)3/h6-13,22H,5H2,1-4H3/b20-12-/t22-/m0/s1. The lowest BCUT2D eigenvalue weighted by Gasteiger charge is -2.24. The van der Waals surface area contributed by atoms with Crippen molar-refractivity contribution in [3.63, 3.8) is 0 Å². The zero-order valence-corrected chi connectivity index (χ0v) is 21.8. The van der Waals surface area contributed by atoms with Crippen molar-refractivity contribution in [1.82, 2.24) is 13.7 Å². The molecule has 0 N–H and O–H groups in total. The van der Waals surface area contributed by atoms with E-state index >= 15 is 0 Å². The van der Waals surface area contributed by atoms with Crippen LogP contribution in [0.1, 0.15) is 31.0 Å². The number of nitro groups is 1. The van der Waals surface area contributed by atoms with Crippen LogP contribution in [-0.4, -0.2) is 31.2 Å². The zero-order chi connectivity index (χ0) is 27.3. The van der Waals surface area contributed by atoms with Gasteiger partial charge in [-0.3, -0.25) is 28.6 Å². The number of nitrogens with zero attached hydrogens (tertiary/aromatic N) is 5. The van der Waals surface area contributed by atoms with Gasteiger partial charge in [0, 0.05) is 26.2 Å². The van der Waals surface area contributed by atoms with Crippen LogP contribution in [-0.2, 0) is 23.6 Å². The number of fused-ring (bicyclic) bond motifs is 2. The third-order valence-corrected chi connectivity index (χ3v) is 7.49. The number of non-ortho nitro benzene ring substituents is 1. The summed E-state index contributed by atoms with van der Waals surface area (Å²) in [4.78, 5) is 54.9. The van der Waals surface area contributed by atoms with Gasteiger partial charge in [0.25, 0.3) is 11.2 Å². The predicted molar refractivity (Wildman–Crippen MR) is 142 cm³/mol. The number of nitro benzene ring substituents is 1. The van der Waals surface area contributed by atoms with E-state index in [1.165, 1.54) is 27.3 Å². The average molecular weight is 534 g/mol.